The molecule has 0 aliphatic rings. The van der Waals surface area contributed by atoms with Crippen molar-refractivity contribution < 1.29 is 9.59 Å². The van der Waals surface area contributed by atoms with Crippen LogP contribution in [-0.4, -0.2) is 16.8 Å². The summed E-state index contributed by atoms with van der Waals surface area (Å²) in [4.78, 5) is 28.3. The van der Waals surface area contributed by atoms with E-state index in [2.05, 4.69) is 40.6 Å². The summed E-state index contributed by atoms with van der Waals surface area (Å²) in [5.41, 5.74) is 6.16. The third-order valence-corrected chi connectivity index (χ3v) is 5.21. The van der Waals surface area contributed by atoms with Crippen LogP contribution in [0.4, 0.5) is 5.69 Å². The molecule has 1 heterocycles. The third-order valence-electron chi connectivity index (χ3n) is 5.21. The monoisotopic (exact) mass is 391 g/mol. The Hall–Kier alpha value is -4.25. The second kappa shape index (κ2) is 6.97. The number of nitrogens with one attached hydrogen (secondary N) is 1. The number of hydrogen-bond donors (Lipinski definition) is 2. The number of fused-ring (bicyclic) bond motifs is 4. The van der Waals surface area contributed by atoms with Crippen LogP contribution in [0.2, 0.25) is 0 Å². The van der Waals surface area contributed by atoms with Gasteiger partial charge in [0.05, 0.1) is 0 Å². The van der Waals surface area contributed by atoms with Gasteiger partial charge in [0.1, 0.15) is 11.4 Å². The number of aromatic nitrogens is 1. The molecule has 3 N–H and O–H groups in total. The Balaban J connectivity index is 1.66. The molecule has 0 saturated carbocycles. The van der Waals surface area contributed by atoms with Crippen molar-refractivity contribution in [1.82, 2.24) is 4.98 Å². The van der Waals surface area contributed by atoms with Gasteiger partial charge in [-0.15, -0.1) is 0 Å². The molecular formula is C25H17N3O2. The summed E-state index contributed by atoms with van der Waals surface area (Å²) in [7, 11) is 0. The summed E-state index contributed by atoms with van der Waals surface area (Å²) < 4.78 is 0. The molecule has 0 fully saturated rings. The van der Waals surface area contributed by atoms with E-state index in [-0.39, 0.29) is 11.4 Å². The van der Waals surface area contributed by atoms with Crippen molar-refractivity contribution >= 4 is 49.8 Å². The number of rotatable bonds is 3. The van der Waals surface area contributed by atoms with Crippen molar-refractivity contribution in [1.29, 1.82) is 0 Å². The van der Waals surface area contributed by atoms with Crippen LogP contribution >= 0.6 is 0 Å². The molecule has 0 aliphatic heterocycles. The maximum Gasteiger partial charge on any atom is 0.274 e. The standard InChI is InChI=1S/C25H17N3O2/c26-24(29)21-9-4-10-22(27-21)25(30)28-20-8-3-7-15-11-12-18-13-16-5-1-2-6-17(16)14-19(18)23(15)20/h1-14H,(H2,26,29)(H,28,30). The number of benzene rings is 4. The Kier molecular flexibility index (Phi) is 4.14. The lowest BCUT2D eigenvalue weighted by molar-refractivity contribution is 0.0995. The number of primary amides is 1. The summed E-state index contributed by atoms with van der Waals surface area (Å²) in [6.45, 7) is 0. The van der Waals surface area contributed by atoms with Gasteiger partial charge in [0.2, 0.25) is 0 Å². The first-order chi connectivity index (χ1) is 14.6. The molecule has 0 saturated heterocycles. The number of nitrogens with two attached hydrogens (primary N) is 1. The van der Waals surface area contributed by atoms with E-state index < -0.39 is 11.8 Å². The van der Waals surface area contributed by atoms with Gasteiger partial charge < -0.3 is 11.1 Å². The number of carbonyl (C=O) groups excluding carboxylic acids is 2. The van der Waals surface area contributed by atoms with E-state index in [0.29, 0.717) is 5.69 Å². The molecule has 5 heteroatoms. The largest absolute Gasteiger partial charge is 0.364 e. The zero-order valence-corrected chi connectivity index (χ0v) is 15.9. The topological polar surface area (TPSA) is 85.1 Å². The number of carbonyl (C=O) groups is 2. The van der Waals surface area contributed by atoms with Gasteiger partial charge in [-0.1, -0.05) is 54.6 Å². The van der Waals surface area contributed by atoms with Crippen molar-refractivity contribution in [2.24, 2.45) is 5.73 Å². The molecule has 2 amide bonds. The SMILES string of the molecule is NC(=O)c1cccc(C(=O)Nc2cccc3ccc4cc5ccccc5cc4c23)n1. The van der Waals surface area contributed by atoms with Crippen LogP contribution in [0.3, 0.4) is 0 Å². The van der Waals surface area contributed by atoms with E-state index in [1.165, 1.54) is 11.5 Å². The van der Waals surface area contributed by atoms with Crippen LogP contribution in [0, 0.1) is 0 Å². The second-order valence-electron chi connectivity index (χ2n) is 7.12. The predicted molar refractivity (Wildman–Crippen MR) is 120 cm³/mol. The van der Waals surface area contributed by atoms with Crippen LogP contribution in [-0.2, 0) is 0 Å². The Morgan fingerprint density at radius 3 is 2.17 bits per heavy atom. The highest BCUT2D eigenvalue weighted by Crippen LogP contribution is 2.34. The molecule has 30 heavy (non-hydrogen) atoms. The maximum atomic E-state index is 12.9. The molecule has 0 spiro atoms. The number of hydrogen-bond acceptors (Lipinski definition) is 3. The van der Waals surface area contributed by atoms with E-state index in [4.69, 9.17) is 5.73 Å². The molecular weight excluding hydrogens is 374 g/mol. The fraction of sp³-hybridized carbons (Fsp3) is 0. The molecule has 0 unspecified atom stereocenters. The van der Waals surface area contributed by atoms with Crippen molar-refractivity contribution in [3.63, 3.8) is 0 Å². The molecule has 1 aromatic heterocycles. The highest BCUT2D eigenvalue weighted by molar-refractivity contribution is 6.19. The number of nitrogens with zero attached hydrogens (tertiary/aromatic N) is 1. The van der Waals surface area contributed by atoms with E-state index in [1.807, 2.05) is 36.4 Å². The first kappa shape index (κ1) is 17.8. The molecule has 0 aliphatic carbocycles. The van der Waals surface area contributed by atoms with Gasteiger partial charge in [0.25, 0.3) is 11.8 Å². The molecule has 5 aromatic rings. The number of pyridine rings is 1. The zero-order chi connectivity index (χ0) is 20.7. The van der Waals surface area contributed by atoms with Crippen molar-refractivity contribution in [3.05, 3.63) is 96.3 Å². The van der Waals surface area contributed by atoms with Crippen LogP contribution in [0.15, 0.2) is 84.9 Å². The van der Waals surface area contributed by atoms with Gasteiger partial charge in [-0.2, -0.15) is 0 Å². The molecule has 5 rings (SSSR count). The average molecular weight is 391 g/mol. The minimum atomic E-state index is -0.673. The van der Waals surface area contributed by atoms with Gasteiger partial charge in [-0.25, -0.2) is 4.98 Å². The van der Waals surface area contributed by atoms with Crippen LogP contribution < -0.4 is 11.1 Å². The quantitative estimate of drug-likeness (QED) is 0.339. The minimum Gasteiger partial charge on any atom is -0.364 e. The predicted octanol–water partition coefficient (Wildman–Crippen LogP) is 4.89. The fourth-order valence-electron chi connectivity index (χ4n) is 3.79. The summed E-state index contributed by atoms with van der Waals surface area (Å²) in [5, 5.41) is 9.38. The van der Waals surface area contributed by atoms with Crippen molar-refractivity contribution in [2.45, 2.75) is 0 Å². The minimum absolute atomic E-state index is 0.0532. The van der Waals surface area contributed by atoms with Crippen LogP contribution in [0.5, 0.6) is 0 Å². The molecule has 0 bridgehead atoms. The van der Waals surface area contributed by atoms with E-state index in [0.717, 1.165) is 26.9 Å². The van der Waals surface area contributed by atoms with Crippen LogP contribution in [0.25, 0.3) is 32.3 Å². The normalized spacial score (nSPS) is 11.1. The molecule has 5 nitrogen and oxygen atoms in total. The van der Waals surface area contributed by atoms with Gasteiger partial charge in [-0.05, 0) is 57.3 Å². The van der Waals surface area contributed by atoms with Crippen molar-refractivity contribution in [2.75, 3.05) is 5.32 Å². The summed E-state index contributed by atoms with van der Waals surface area (Å²) in [6, 6.07) is 27.1. The lowest BCUT2D eigenvalue weighted by Crippen LogP contribution is -2.18. The summed E-state index contributed by atoms with van der Waals surface area (Å²) in [5.74, 6) is -1.07. The van der Waals surface area contributed by atoms with Gasteiger partial charge in [0, 0.05) is 11.1 Å². The highest BCUT2D eigenvalue weighted by atomic mass is 16.2. The van der Waals surface area contributed by atoms with E-state index in [9.17, 15) is 9.59 Å². The Labute approximate surface area is 172 Å². The van der Waals surface area contributed by atoms with Crippen molar-refractivity contribution in [3.8, 4) is 0 Å². The lowest BCUT2D eigenvalue weighted by Gasteiger charge is -2.12. The molecule has 144 valence electrons. The van der Waals surface area contributed by atoms with Crippen LogP contribution in [0.1, 0.15) is 21.0 Å². The number of anilines is 1. The summed E-state index contributed by atoms with van der Waals surface area (Å²) in [6.07, 6.45) is 0. The first-order valence-electron chi connectivity index (χ1n) is 9.52. The lowest BCUT2D eigenvalue weighted by atomic mass is 9.97. The van der Waals surface area contributed by atoms with Gasteiger partial charge >= 0.3 is 0 Å². The Bertz CT molecular complexity index is 1470. The average Bonchev–Trinajstić information content (AvgIpc) is 2.77. The maximum absolute atomic E-state index is 12.9. The first-order valence-corrected chi connectivity index (χ1v) is 9.52. The number of amides is 2. The fourth-order valence-corrected chi connectivity index (χ4v) is 3.79. The Morgan fingerprint density at radius 1 is 0.700 bits per heavy atom. The molecule has 0 radical (unpaired) electrons. The zero-order valence-electron chi connectivity index (χ0n) is 15.9. The van der Waals surface area contributed by atoms with Gasteiger partial charge in [0.15, 0.2) is 0 Å². The Morgan fingerprint density at radius 2 is 1.37 bits per heavy atom. The smallest absolute Gasteiger partial charge is 0.274 e. The molecule has 4 aromatic carbocycles. The highest BCUT2D eigenvalue weighted by Gasteiger charge is 2.13. The van der Waals surface area contributed by atoms with Gasteiger partial charge in [-0.3, -0.25) is 9.59 Å². The third kappa shape index (κ3) is 3.02. The van der Waals surface area contributed by atoms with E-state index >= 15 is 0 Å². The van der Waals surface area contributed by atoms with E-state index in [1.54, 1.807) is 12.1 Å². The second-order valence-corrected chi connectivity index (χ2v) is 7.12. The summed E-state index contributed by atoms with van der Waals surface area (Å²) >= 11 is 0. The molecule has 0 atom stereocenters.